The molecule has 1 aliphatic carbocycles. The highest BCUT2D eigenvalue weighted by atomic mass is 16.4. The maximum Gasteiger partial charge on any atom is 0.304 e. The first-order chi connectivity index (χ1) is 7.74. The number of hydrogen-bond acceptors (Lipinski definition) is 2. The Hall–Kier alpha value is -1.35. The molecule has 0 aromatic heterocycles. The molecule has 2 N–H and O–H groups in total. The van der Waals surface area contributed by atoms with Gasteiger partial charge in [-0.1, -0.05) is 30.3 Å². The smallest absolute Gasteiger partial charge is 0.304 e. The van der Waals surface area contributed by atoms with Crippen molar-refractivity contribution in [2.45, 2.75) is 37.8 Å². The number of carbonyl (C=O) groups is 1. The molecule has 0 aliphatic heterocycles. The Morgan fingerprint density at radius 1 is 1.38 bits per heavy atom. The van der Waals surface area contributed by atoms with E-state index in [0.717, 1.165) is 6.42 Å². The van der Waals surface area contributed by atoms with Gasteiger partial charge < -0.3 is 10.4 Å². The lowest BCUT2D eigenvalue weighted by atomic mass is 10.0. The number of hydrogen-bond donors (Lipinski definition) is 2. The van der Waals surface area contributed by atoms with Gasteiger partial charge in [0.15, 0.2) is 0 Å². The molecule has 0 bridgehead atoms. The van der Waals surface area contributed by atoms with E-state index in [4.69, 9.17) is 5.11 Å². The second-order valence-electron chi connectivity index (χ2n) is 4.43. The monoisotopic (exact) mass is 219 g/mol. The van der Waals surface area contributed by atoms with Crippen molar-refractivity contribution in [1.82, 2.24) is 5.32 Å². The molecule has 1 saturated carbocycles. The summed E-state index contributed by atoms with van der Waals surface area (Å²) in [4.78, 5) is 10.8. The molecule has 1 fully saturated rings. The van der Waals surface area contributed by atoms with Gasteiger partial charge in [-0.2, -0.15) is 0 Å². The predicted octanol–water partition coefficient (Wildman–Crippen LogP) is 1.82. The lowest BCUT2D eigenvalue weighted by Crippen LogP contribution is -2.34. The molecule has 1 atom stereocenters. The van der Waals surface area contributed by atoms with Crippen molar-refractivity contribution in [2.75, 3.05) is 0 Å². The number of carboxylic acid groups (broad SMARTS) is 1. The Morgan fingerprint density at radius 3 is 2.62 bits per heavy atom. The van der Waals surface area contributed by atoms with E-state index >= 15 is 0 Å². The molecule has 0 heterocycles. The van der Waals surface area contributed by atoms with E-state index in [-0.39, 0.29) is 12.5 Å². The van der Waals surface area contributed by atoms with Crippen molar-refractivity contribution < 1.29 is 9.90 Å². The summed E-state index contributed by atoms with van der Waals surface area (Å²) in [5, 5.41) is 12.2. The van der Waals surface area contributed by atoms with Crippen molar-refractivity contribution in [1.29, 1.82) is 0 Å². The topological polar surface area (TPSA) is 49.3 Å². The molecule has 1 unspecified atom stereocenters. The van der Waals surface area contributed by atoms with Crippen LogP contribution in [0.3, 0.4) is 0 Å². The Balaban J connectivity index is 1.92. The molecule has 86 valence electrons. The highest BCUT2D eigenvalue weighted by molar-refractivity contribution is 5.67. The van der Waals surface area contributed by atoms with Crippen LogP contribution >= 0.6 is 0 Å². The lowest BCUT2D eigenvalue weighted by molar-refractivity contribution is -0.137. The molecule has 1 aliphatic rings. The van der Waals surface area contributed by atoms with Gasteiger partial charge in [0.1, 0.15) is 0 Å². The largest absolute Gasteiger partial charge is 0.481 e. The van der Waals surface area contributed by atoms with E-state index in [9.17, 15) is 4.79 Å². The molecule has 1 aromatic rings. The zero-order chi connectivity index (χ0) is 11.4. The predicted molar refractivity (Wildman–Crippen MR) is 62.3 cm³/mol. The van der Waals surface area contributed by atoms with Crippen LogP contribution in [0.25, 0.3) is 0 Å². The Bertz CT molecular complexity index is 346. The maximum absolute atomic E-state index is 10.8. The second-order valence-corrected chi connectivity index (χ2v) is 4.43. The van der Waals surface area contributed by atoms with Crippen LogP contribution in [0, 0.1) is 0 Å². The number of nitrogens with one attached hydrogen (secondary N) is 1. The zero-order valence-corrected chi connectivity index (χ0v) is 9.23. The van der Waals surface area contributed by atoms with Crippen LogP contribution in [0.15, 0.2) is 30.3 Å². The van der Waals surface area contributed by atoms with Gasteiger partial charge in [0.25, 0.3) is 0 Å². The standard InChI is InChI=1S/C13H17NO2/c15-13(16)9-12(14-11-6-7-11)8-10-4-2-1-3-5-10/h1-5,11-12,14H,6-9H2,(H,15,16). The zero-order valence-electron chi connectivity index (χ0n) is 9.23. The minimum absolute atomic E-state index is 0.0624. The van der Waals surface area contributed by atoms with Gasteiger partial charge in [0, 0.05) is 12.1 Å². The highest BCUT2D eigenvalue weighted by Crippen LogP contribution is 2.21. The third kappa shape index (κ3) is 3.66. The van der Waals surface area contributed by atoms with Gasteiger partial charge in [0.05, 0.1) is 6.42 Å². The normalized spacial score (nSPS) is 17.0. The average molecular weight is 219 g/mol. The van der Waals surface area contributed by atoms with Gasteiger partial charge >= 0.3 is 5.97 Å². The minimum atomic E-state index is -0.728. The summed E-state index contributed by atoms with van der Waals surface area (Å²) in [6, 6.07) is 10.7. The molecule has 0 saturated heterocycles. The molecule has 3 heteroatoms. The van der Waals surface area contributed by atoms with Gasteiger partial charge in [-0.15, -0.1) is 0 Å². The summed E-state index contributed by atoms with van der Waals surface area (Å²) in [7, 11) is 0. The summed E-state index contributed by atoms with van der Waals surface area (Å²) in [6.07, 6.45) is 3.37. The quantitative estimate of drug-likeness (QED) is 0.767. The molecule has 1 aromatic carbocycles. The van der Waals surface area contributed by atoms with Crippen LogP contribution < -0.4 is 5.32 Å². The summed E-state index contributed by atoms with van der Waals surface area (Å²) in [5.41, 5.74) is 1.20. The maximum atomic E-state index is 10.8. The van der Waals surface area contributed by atoms with Crippen LogP contribution in [-0.4, -0.2) is 23.2 Å². The van der Waals surface area contributed by atoms with Crippen LogP contribution in [0.2, 0.25) is 0 Å². The van der Waals surface area contributed by atoms with Gasteiger partial charge in [-0.25, -0.2) is 0 Å². The van der Waals surface area contributed by atoms with E-state index in [1.807, 2.05) is 30.3 Å². The first kappa shape index (κ1) is 11.1. The van der Waals surface area contributed by atoms with Crippen LogP contribution in [0.4, 0.5) is 0 Å². The van der Waals surface area contributed by atoms with E-state index in [1.165, 1.54) is 18.4 Å². The van der Waals surface area contributed by atoms with Crippen molar-refractivity contribution >= 4 is 5.97 Å². The third-order valence-electron chi connectivity index (χ3n) is 2.79. The molecule has 3 nitrogen and oxygen atoms in total. The Morgan fingerprint density at radius 2 is 2.06 bits per heavy atom. The molecule has 16 heavy (non-hydrogen) atoms. The van der Waals surface area contributed by atoms with Crippen LogP contribution in [-0.2, 0) is 11.2 Å². The lowest BCUT2D eigenvalue weighted by Gasteiger charge is -2.16. The molecule has 0 radical (unpaired) electrons. The fraction of sp³-hybridized carbons (Fsp3) is 0.462. The second kappa shape index (κ2) is 5.12. The SMILES string of the molecule is O=C(O)CC(Cc1ccccc1)NC1CC1. The highest BCUT2D eigenvalue weighted by Gasteiger charge is 2.25. The summed E-state index contributed by atoms with van der Waals surface area (Å²) in [6.45, 7) is 0. The first-order valence-corrected chi connectivity index (χ1v) is 5.76. The molecule has 2 rings (SSSR count). The third-order valence-corrected chi connectivity index (χ3v) is 2.79. The molecule has 0 amide bonds. The van der Waals surface area contributed by atoms with Crippen molar-refractivity contribution in [3.05, 3.63) is 35.9 Å². The van der Waals surface area contributed by atoms with E-state index in [2.05, 4.69) is 5.32 Å². The van der Waals surface area contributed by atoms with Crippen LogP contribution in [0.1, 0.15) is 24.8 Å². The van der Waals surface area contributed by atoms with Crippen molar-refractivity contribution in [3.63, 3.8) is 0 Å². The first-order valence-electron chi connectivity index (χ1n) is 5.76. The number of carboxylic acids is 1. The number of benzene rings is 1. The van der Waals surface area contributed by atoms with Crippen molar-refractivity contribution in [3.8, 4) is 0 Å². The molecule has 0 spiro atoms. The Kier molecular flexibility index (Phi) is 3.57. The minimum Gasteiger partial charge on any atom is -0.481 e. The summed E-state index contributed by atoms with van der Waals surface area (Å²) >= 11 is 0. The number of aliphatic carboxylic acids is 1. The van der Waals surface area contributed by atoms with E-state index < -0.39 is 5.97 Å². The van der Waals surface area contributed by atoms with E-state index in [1.54, 1.807) is 0 Å². The van der Waals surface area contributed by atoms with Gasteiger partial charge in [-0.3, -0.25) is 4.79 Å². The summed E-state index contributed by atoms with van der Waals surface area (Å²) in [5.74, 6) is -0.728. The van der Waals surface area contributed by atoms with Gasteiger partial charge in [-0.05, 0) is 24.8 Å². The van der Waals surface area contributed by atoms with Crippen molar-refractivity contribution in [2.24, 2.45) is 0 Å². The van der Waals surface area contributed by atoms with Gasteiger partial charge in [0.2, 0.25) is 0 Å². The average Bonchev–Trinajstić information content (AvgIpc) is 3.02. The fourth-order valence-corrected chi connectivity index (χ4v) is 1.88. The van der Waals surface area contributed by atoms with Crippen LogP contribution in [0.5, 0.6) is 0 Å². The van der Waals surface area contributed by atoms with E-state index in [0.29, 0.717) is 6.04 Å². The molecular formula is C13H17NO2. The molecular weight excluding hydrogens is 202 g/mol. The fourth-order valence-electron chi connectivity index (χ4n) is 1.88. The number of rotatable bonds is 6. The Labute approximate surface area is 95.5 Å². The summed E-state index contributed by atoms with van der Waals surface area (Å²) < 4.78 is 0.